The van der Waals surface area contributed by atoms with E-state index in [4.69, 9.17) is 14.6 Å². The van der Waals surface area contributed by atoms with Crippen LogP contribution in [-0.4, -0.2) is 60.3 Å². The molecular formula is C29H46N4O4. The molecule has 0 aliphatic heterocycles. The van der Waals surface area contributed by atoms with Crippen LogP contribution in [0.4, 0.5) is 0 Å². The van der Waals surface area contributed by atoms with Gasteiger partial charge in [-0.3, -0.25) is 14.3 Å². The molecule has 0 spiro atoms. The molecule has 0 aliphatic carbocycles. The van der Waals surface area contributed by atoms with E-state index in [1.165, 1.54) is 0 Å². The van der Waals surface area contributed by atoms with E-state index in [0.717, 1.165) is 30.5 Å². The van der Waals surface area contributed by atoms with E-state index in [1.807, 2.05) is 36.9 Å². The fraction of sp³-hybridized carbons (Fsp3) is 0.621. The van der Waals surface area contributed by atoms with E-state index in [1.54, 1.807) is 25.2 Å². The fourth-order valence-corrected chi connectivity index (χ4v) is 4.61. The Labute approximate surface area is 222 Å². The molecule has 1 heterocycles. The third-order valence-corrected chi connectivity index (χ3v) is 6.78. The summed E-state index contributed by atoms with van der Waals surface area (Å²) < 4.78 is 13.2. The maximum atomic E-state index is 13.5. The maximum absolute atomic E-state index is 13.5. The minimum atomic E-state index is -0.282. The van der Waals surface area contributed by atoms with Crippen LogP contribution in [0.3, 0.4) is 0 Å². The summed E-state index contributed by atoms with van der Waals surface area (Å²) >= 11 is 0. The number of methoxy groups -OCH3 is 2. The van der Waals surface area contributed by atoms with Gasteiger partial charge in [-0.15, -0.1) is 0 Å². The van der Waals surface area contributed by atoms with Gasteiger partial charge < -0.3 is 19.7 Å². The van der Waals surface area contributed by atoms with E-state index in [0.29, 0.717) is 48.5 Å². The van der Waals surface area contributed by atoms with Crippen LogP contribution in [0.2, 0.25) is 0 Å². The molecule has 2 rings (SSSR count). The van der Waals surface area contributed by atoms with Crippen molar-refractivity contribution in [2.75, 3.05) is 27.8 Å². The summed E-state index contributed by atoms with van der Waals surface area (Å²) in [4.78, 5) is 27.9. The minimum Gasteiger partial charge on any atom is -0.496 e. The summed E-state index contributed by atoms with van der Waals surface area (Å²) in [7, 11) is 5.06. The fourth-order valence-electron chi connectivity index (χ4n) is 4.61. The lowest BCUT2D eigenvalue weighted by molar-refractivity contribution is -0.130. The number of hydrogen-bond acceptors (Lipinski definition) is 5. The van der Waals surface area contributed by atoms with Crippen molar-refractivity contribution >= 4 is 11.8 Å². The monoisotopic (exact) mass is 514 g/mol. The molecule has 1 aromatic heterocycles. The summed E-state index contributed by atoms with van der Waals surface area (Å²) in [5.74, 6) is 1.80. The average molecular weight is 515 g/mol. The van der Waals surface area contributed by atoms with Gasteiger partial charge in [0.2, 0.25) is 5.91 Å². The molecule has 2 aromatic rings. The van der Waals surface area contributed by atoms with Crippen LogP contribution in [0.1, 0.15) is 77.2 Å². The minimum absolute atomic E-state index is 0.0338. The summed E-state index contributed by atoms with van der Waals surface area (Å²) in [5.41, 5.74) is 1.85. The van der Waals surface area contributed by atoms with Crippen LogP contribution in [0.5, 0.6) is 11.5 Å². The van der Waals surface area contributed by atoms with Gasteiger partial charge in [0.1, 0.15) is 11.5 Å². The number of ether oxygens (including phenoxy) is 2. The summed E-state index contributed by atoms with van der Waals surface area (Å²) in [6.07, 6.45) is 3.88. The highest BCUT2D eigenvalue weighted by Crippen LogP contribution is 2.39. The highest BCUT2D eigenvalue weighted by atomic mass is 16.5. The van der Waals surface area contributed by atoms with Gasteiger partial charge >= 0.3 is 0 Å². The summed E-state index contributed by atoms with van der Waals surface area (Å²) in [6, 6.07) is 7.16. The molecule has 0 fully saturated rings. The van der Waals surface area contributed by atoms with Crippen LogP contribution in [0.25, 0.3) is 11.3 Å². The predicted octanol–water partition coefficient (Wildman–Crippen LogP) is 5.41. The molecule has 0 unspecified atom stereocenters. The first-order valence-corrected chi connectivity index (χ1v) is 13.5. The van der Waals surface area contributed by atoms with Crippen LogP contribution in [-0.2, 0) is 11.3 Å². The van der Waals surface area contributed by atoms with Gasteiger partial charge in [-0.2, -0.15) is 5.10 Å². The molecule has 0 saturated carbocycles. The molecule has 1 atom stereocenters. The predicted molar refractivity (Wildman–Crippen MR) is 148 cm³/mol. The number of carbonyl (C=O) groups excluding carboxylic acids is 2. The largest absolute Gasteiger partial charge is 0.496 e. The molecule has 0 bridgehead atoms. The average Bonchev–Trinajstić information content (AvgIpc) is 3.29. The third-order valence-electron chi connectivity index (χ3n) is 6.78. The van der Waals surface area contributed by atoms with Crippen molar-refractivity contribution in [1.82, 2.24) is 20.0 Å². The van der Waals surface area contributed by atoms with Crippen LogP contribution in [0, 0.1) is 11.8 Å². The molecule has 8 heteroatoms. The number of amides is 2. The Hall–Kier alpha value is -3.03. The lowest BCUT2D eigenvalue weighted by Crippen LogP contribution is -2.40. The molecule has 0 aliphatic rings. The maximum Gasteiger partial charge on any atom is 0.272 e. The van der Waals surface area contributed by atoms with Crippen LogP contribution in [0.15, 0.2) is 24.3 Å². The van der Waals surface area contributed by atoms with Crippen molar-refractivity contribution < 1.29 is 19.1 Å². The normalized spacial score (nSPS) is 12.1. The van der Waals surface area contributed by atoms with E-state index in [2.05, 4.69) is 33.0 Å². The Morgan fingerprint density at radius 3 is 2.22 bits per heavy atom. The topological polar surface area (TPSA) is 85.7 Å². The third kappa shape index (κ3) is 8.23. The lowest BCUT2D eigenvalue weighted by atomic mass is 10.00. The van der Waals surface area contributed by atoms with Crippen molar-refractivity contribution in [3.63, 3.8) is 0 Å². The van der Waals surface area contributed by atoms with E-state index in [9.17, 15) is 9.59 Å². The molecule has 1 aromatic carbocycles. The molecule has 0 radical (unpaired) electrons. The molecular weight excluding hydrogens is 468 g/mol. The molecule has 206 valence electrons. The Morgan fingerprint density at radius 1 is 1.08 bits per heavy atom. The quantitative estimate of drug-likeness (QED) is 0.344. The summed E-state index contributed by atoms with van der Waals surface area (Å²) in [5, 5.41) is 7.85. The number of aromatic nitrogens is 2. The highest BCUT2D eigenvalue weighted by Gasteiger charge is 2.25. The van der Waals surface area contributed by atoms with E-state index in [-0.39, 0.29) is 24.3 Å². The lowest BCUT2D eigenvalue weighted by Gasteiger charge is -2.23. The van der Waals surface area contributed by atoms with Crippen LogP contribution >= 0.6 is 0 Å². The van der Waals surface area contributed by atoms with Gasteiger partial charge in [-0.1, -0.05) is 53.5 Å². The smallest absolute Gasteiger partial charge is 0.272 e. The summed E-state index contributed by atoms with van der Waals surface area (Å²) in [6.45, 7) is 11.9. The second-order valence-corrected chi connectivity index (χ2v) is 10.1. The van der Waals surface area contributed by atoms with Crippen LogP contribution < -0.4 is 14.8 Å². The Balaban J connectivity index is 2.45. The molecule has 1 N–H and O–H groups in total. The zero-order valence-corrected chi connectivity index (χ0v) is 24.0. The van der Waals surface area contributed by atoms with Gasteiger partial charge in [0, 0.05) is 32.6 Å². The van der Waals surface area contributed by atoms with Crippen molar-refractivity contribution in [3.8, 4) is 22.8 Å². The van der Waals surface area contributed by atoms with E-state index < -0.39 is 0 Å². The van der Waals surface area contributed by atoms with Crippen molar-refractivity contribution in [2.45, 2.75) is 79.3 Å². The zero-order chi connectivity index (χ0) is 27.5. The first-order chi connectivity index (χ1) is 17.7. The second kappa shape index (κ2) is 14.6. The Kier molecular flexibility index (Phi) is 12.0. The standard InChI is InChI=1S/C29H46N4O4/c1-9-15-32(6)27(34)17-22(16-20(4)5)30-29(35)23-18-24(33(31-23)19-21(10-2)11-3)28-25(36-7)13-12-14-26(28)37-8/h12-14,18,20-22H,9-11,15-17,19H2,1-8H3,(H,30,35)/t22-/m0/s1. The Bertz CT molecular complexity index is 991. The molecule has 37 heavy (non-hydrogen) atoms. The molecule has 2 amide bonds. The highest BCUT2D eigenvalue weighted by molar-refractivity contribution is 5.94. The second-order valence-electron chi connectivity index (χ2n) is 10.1. The number of rotatable bonds is 15. The molecule has 0 saturated heterocycles. The van der Waals surface area contributed by atoms with Gasteiger partial charge in [-0.25, -0.2) is 0 Å². The number of nitrogens with one attached hydrogen (secondary N) is 1. The first-order valence-electron chi connectivity index (χ1n) is 13.5. The van der Waals surface area contributed by atoms with Crippen molar-refractivity contribution in [1.29, 1.82) is 0 Å². The van der Waals surface area contributed by atoms with Gasteiger partial charge in [0.15, 0.2) is 5.69 Å². The number of hydrogen-bond donors (Lipinski definition) is 1. The van der Waals surface area contributed by atoms with Gasteiger partial charge in [0.25, 0.3) is 5.91 Å². The van der Waals surface area contributed by atoms with Gasteiger partial charge in [-0.05, 0) is 42.9 Å². The van der Waals surface area contributed by atoms with E-state index >= 15 is 0 Å². The first kappa shape index (κ1) is 30.2. The van der Waals surface area contributed by atoms with Gasteiger partial charge in [0.05, 0.1) is 25.5 Å². The van der Waals surface area contributed by atoms with Crippen molar-refractivity contribution in [3.05, 3.63) is 30.0 Å². The number of nitrogens with zero attached hydrogens (tertiary/aromatic N) is 3. The zero-order valence-electron chi connectivity index (χ0n) is 24.0. The molecule has 8 nitrogen and oxygen atoms in total. The number of carbonyl (C=O) groups is 2. The Morgan fingerprint density at radius 2 is 1.70 bits per heavy atom. The SMILES string of the molecule is CCCN(C)C(=O)C[C@H](CC(C)C)NC(=O)c1cc(-c2c(OC)cccc2OC)n(CC(CC)CC)n1. The van der Waals surface area contributed by atoms with Crippen molar-refractivity contribution in [2.24, 2.45) is 11.8 Å². The number of benzene rings is 1.